The largest absolute Gasteiger partial charge is 0.508 e. The van der Waals surface area contributed by atoms with Gasteiger partial charge in [-0.05, 0) is 147 Å². The second kappa shape index (κ2) is 40.3. The average Bonchev–Trinajstić information content (AvgIpc) is 0.775. The number of nitrogens with one attached hydrogen (secondary N) is 8. The Morgan fingerprint density at radius 3 is 1.97 bits per heavy atom. The van der Waals surface area contributed by atoms with Gasteiger partial charge >= 0.3 is 5.97 Å². The Balaban J connectivity index is 1.08. The number of benzene rings is 6. The van der Waals surface area contributed by atoms with E-state index in [4.69, 9.17) is 66.8 Å². The molecule has 6 aromatic rings. The number of hydrogen-bond donors (Lipinski definition) is 19. The minimum absolute atomic E-state index is 0.0102. The van der Waals surface area contributed by atoms with Crippen molar-refractivity contribution in [2.45, 2.75) is 202 Å². The van der Waals surface area contributed by atoms with E-state index in [2.05, 4.69) is 42.5 Å². The number of likely N-dealkylation sites (N-methyl/N-ethyl adjacent to an activating group) is 1. The second-order valence-electron chi connectivity index (χ2n) is 30.9. The Morgan fingerprint density at radius 1 is 0.697 bits per heavy atom. The molecule has 2 saturated heterocycles. The maximum absolute atomic E-state index is 16.3. The van der Waals surface area contributed by atoms with Crippen molar-refractivity contribution >= 4 is 87.4 Å². The standard InChI is InChI=1S/C83H99Cl2N9O27S/c1-8-9-20-114-55-17-12-39(24-56(55)115-21-10-11-22-122-38(5)96)34-88-83(6)33-61(116-37(4)74(83)105)120-73-71(104)70(103)59(35-95)119-82(73)121-72-57-28-43-29-58(72)118-54-19-15-42(27-48(54)85)69(102)67-80(111)92-65(81(112)113)46-30-44(97)31-52(99)62(46)45-25-40(13-16-51(45)98)63(77(108)94-67)91-78(109)64(43)90-76(107)50(32-60(86)100)89-79(110)66(93-75(106)49(87-7)23-36(2)3)68(101)41-14-18-53(117-57)47(84)26-41/h12-19,24-31,36-37,49-50,59,61,63-71,73-74,82,87-88,95,97-99,101-105H,8-11,20-23,32-35H2,1-7H3,(H2,86,100)(H,89,110)(H,90,107)(H,91,109)(H,92,111)(H,93,106)(H,94,108)(H,112,113)/t37-,49+,50-,59+,61-,63+,64+,65-,66+,67-,68+,69+,70+,71-,73+,74+,82-,83-/m0/s1. The highest BCUT2D eigenvalue weighted by molar-refractivity contribution is 8.13. The number of carbonyl (C=O) groups excluding carboxylic acids is 8. The van der Waals surface area contributed by atoms with Gasteiger partial charge in [-0.3, -0.25) is 38.4 Å². The van der Waals surface area contributed by atoms with Crippen molar-refractivity contribution in [3.63, 3.8) is 0 Å². The molecule has 18 atom stereocenters. The molecular formula is C83H99Cl2N9O27S. The first-order valence-electron chi connectivity index (χ1n) is 39.4. The van der Waals surface area contributed by atoms with E-state index in [1.54, 1.807) is 26.0 Å². The Morgan fingerprint density at radius 2 is 1.34 bits per heavy atom. The molecule has 2 fully saturated rings. The van der Waals surface area contributed by atoms with Crippen LogP contribution in [0.3, 0.4) is 0 Å². The molecule has 39 heteroatoms. The summed E-state index contributed by atoms with van der Waals surface area (Å²) < 4.78 is 52.0. The fourth-order valence-corrected chi connectivity index (χ4v) is 15.9. The molecule has 7 aliphatic rings. The number of aliphatic hydroxyl groups excluding tert-OH is 6. The first kappa shape index (κ1) is 92.4. The zero-order valence-electron chi connectivity index (χ0n) is 67.3. The molecule has 20 N–H and O–H groups in total. The number of ether oxygens (including phenoxy) is 8. The van der Waals surface area contributed by atoms with Gasteiger partial charge in [-0.2, -0.15) is 0 Å². The van der Waals surface area contributed by atoms with Crippen molar-refractivity contribution in [3.8, 4) is 68.6 Å². The Kier molecular flexibility index (Phi) is 30.5. The molecule has 6 aromatic carbocycles. The number of phenolic OH excluding ortho intramolecular Hbond substituents is 3. The van der Waals surface area contributed by atoms with E-state index in [0.717, 1.165) is 79.6 Å². The Hall–Kier alpha value is -10.4. The van der Waals surface area contributed by atoms with Crippen molar-refractivity contribution in [2.24, 2.45) is 11.7 Å². The van der Waals surface area contributed by atoms with Crippen LogP contribution in [0, 0.1) is 5.92 Å². The van der Waals surface area contributed by atoms with Gasteiger partial charge in [0.1, 0.15) is 89.5 Å². The normalized spacial score (nSPS) is 26.3. The van der Waals surface area contributed by atoms with Crippen LogP contribution in [0.2, 0.25) is 10.0 Å². The number of phenols is 3. The lowest BCUT2D eigenvalue weighted by Crippen LogP contribution is -2.65. The van der Waals surface area contributed by atoms with E-state index in [1.807, 2.05) is 26.8 Å². The number of aliphatic carboxylic acids is 1. The maximum atomic E-state index is 16.3. The van der Waals surface area contributed by atoms with E-state index in [9.17, 15) is 79.8 Å². The summed E-state index contributed by atoms with van der Waals surface area (Å²) in [6.45, 7) is 10.3. The fourth-order valence-electron chi connectivity index (χ4n) is 14.8. The minimum atomic E-state index is -2.38. The van der Waals surface area contributed by atoms with Crippen molar-refractivity contribution in [3.05, 3.63) is 140 Å². The number of thioether (sulfide) groups is 1. The lowest BCUT2D eigenvalue weighted by Gasteiger charge is -2.48. The SMILES string of the molecule is CCCCOc1ccc(CN[C@@]2(C)C[C@H](O[C@H]3[C@H](Oc4c5cc6cc4Oc4ccc(cc4Cl)[C@@H](O)[C@@H](NC(=O)[C@@H](CC(C)C)NC)C(=O)N[C@@H](CC(N)=O)C(=O)N[C@H]6C(=O)N[C@H]4C(=O)N[C@H](C(=O)N[C@H](C(=O)O)c6cc(O)cc(O)c6-c6cc4ccc6O)[C@H](O)c4ccc(c(Cl)c4)O5)O[C@H](CO)[C@@H](O)[C@@H]3O)O[C@@H](C)[C@H]2O)cc1OCCCCSC(C)=O. The van der Waals surface area contributed by atoms with Gasteiger partial charge in [0, 0.05) is 53.9 Å². The van der Waals surface area contributed by atoms with Gasteiger partial charge in [-0.25, -0.2) is 4.79 Å². The molecule has 7 heterocycles. The van der Waals surface area contributed by atoms with Gasteiger partial charge in [-0.15, -0.1) is 0 Å². The zero-order chi connectivity index (χ0) is 88.5. The lowest BCUT2D eigenvalue weighted by atomic mass is 9.84. The van der Waals surface area contributed by atoms with Crippen LogP contribution in [-0.2, 0) is 63.9 Å². The fraction of sp³-hybridized carbons (Fsp3) is 0.458. The first-order valence-corrected chi connectivity index (χ1v) is 41.2. The predicted molar refractivity (Wildman–Crippen MR) is 437 cm³/mol. The number of fused-ring (bicyclic) bond motifs is 15. The molecule has 11 bridgehead atoms. The number of unbranched alkanes of at least 4 members (excludes halogenated alkanes) is 2. The summed E-state index contributed by atoms with van der Waals surface area (Å²) in [5, 5.41) is 137. The highest BCUT2D eigenvalue weighted by Crippen LogP contribution is 2.50. The predicted octanol–water partition coefficient (Wildman–Crippen LogP) is 4.55. The third-order valence-corrected chi connectivity index (χ3v) is 22.8. The Bertz CT molecular complexity index is 4900. The van der Waals surface area contributed by atoms with Crippen molar-refractivity contribution < 1.29 is 132 Å². The quantitative estimate of drug-likeness (QED) is 0.0331. The zero-order valence-corrected chi connectivity index (χ0v) is 69.6. The number of nitrogens with two attached hydrogens (primary N) is 1. The number of primary amides is 1. The lowest BCUT2D eigenvalue weighted by molar-refractivity contribution is -0.334. The molecule has 7 aliphatic heterocycles. The molecule has 7 amide bonds. The Labute approximate surface area is 714 Å². The summed E-state index contributed by atoms with van der Waals surface area (Å²) in [7, 11) is 1.47. The number of amides is 7. The third-order valence-electron chi connectivity index (χ3n) is 21.3. The second-order valence-corrected chi connectivity index (χ2v) is 32.9. The highest BCUT2D eigenvalue weighted by Gasteiger charge is 2.52. The van der Waals surface area contributed by atoms with E-state index < -0.39 is 237 Å². The van der Waals surface area contributed by atoms with Gasteiger partial charge in [-0.1, -0.05) is 86.4 Å². The van der Waals surface area contributed by atoms with Gasteiger partial charge in [0.2, 0.25) is 53.4 Å². The summed E-state index contributed by atoms with van der Waals surface area (Å²) >= 11 is 15.6. The monoisotopic (exact) mass is 1760 g/mol. The van der Waals surface area contributed by atoms with Crippen molar-refractivity contribution in [1.29, 1.82) is 0 Å². The van der Waals surface area contributed by atoms with E-state index in [1.165, 1.54) is 37.9 Å². The number of aromatic hydroxyl groups is 3. The number of rotatable bonds is 26. The molecule has 0 radical (unpaired) electrons. The van der Waals surface area contributed by atoms with Gasteiger partial charge < -0.3 is 137 Å². The highest BCUT2D eigenvalue weighted by atomic mass is 35.5. The molecule has 0 aliphatic carbocycles. The van der Waals surface area contributed by atoms with Crippen LogP contribution >= 0.6 is 35.0 Å². The summed E-state index contributed by atoms with van der Waals surface area (Å²) in [6.07, 6.45) is -16.0. The van der Waals surface area contributed by atoms with E-state index in [0.29, 0.717) is 48.9 Å². The van der Waals surface area contributed by atoms with Crippen molar-refractivity contribution in [2.75, 3.05) is 32.6 Å². The average molecular weight is 1760 g/mol. The molecule has 0 spiro atoms. The van der Waals surface area contributed by atoms with Crippen LogP contribution in [0.5, 0.6) is 57.5 Å². The van der Waals surface area contributed by atoms with Crippen LogP contribution in [-0.4, -0.2) is 215 Å². The number of carboxylic acids is 1. The van der Waals surface area contributed by atoms with Crippen molar-refractivity contribution in [1.82, 2.24) is 42.5 Å². The summed E-state index contributed by atoms with van der Waals surface area (Å²) in [5.41, 5.74) is 2.28. The number of carboxylic acid groups (broad SMARTS) is 1. The van der Waals surface area contributed by atoms with Gasteiger partial charge in [0.15, 0.2) is 46.5 Å². The number of halogens is 2. The molecule has 122 heavy (non-hydrogen) atoms. The van der Waals surface area contributed by atoms with Crippen LogP contribution in [0.1, 0.15) is 150 Å². The maximum Gasteiger partial charge on any atom is 0.330 e. The van der Waals surface area contributed by atoms with Crippen LogP contribution in [0.15, 0.2) is 97.1 Å². The first-order chi connectivity index (χ1) is 58.0. The number of hydrogen-bond acceptors (Lipinski definition) is 29. The summed E-state index contributed by atoms with van der Waals surface area (Å²) in [6, 6.07) is 4.63. The summed E-state index contributed by atoms with van der Waals surface area (Å²) in [5.74, 6) is -14.6. The summed E-state index contributed by atoms with van der Waals surface area (Å²) in [4.78, 5) is 130. The third kappa shape index (κ3) is 21.6. The molecule has 658 valence electrons. The van der Waals surface area contributed by atoms with Gasteiger partial charge in [0.05, 0.1) is 54.5 Å². The van der Waals surface area contributed by atoms with Gasteiger partial charge in [0.25, 0.3) is 0 Å². The number of carbonyl (C=O) groups is 9. The van der Waals surface area contributed by atoms with Crippen LogP contribution in [0.4, 0.5) is 0 Å². The van der Waals surface area contributed by atoms with Crippen LogP contribution in [0.25, 0.3) is 11.1 Å². The van der Waals surface area contributed by atoms with E-state index in [-0.39, 0.29) is 57.9 Å². The molecule has 0 saturated carbocycles. The molecule has 0 unspecified atom stereocenters. The number of aliphatic hydroxyl groups is 6. The topological polar surface area (TPSA) is 552 Å². The smallest absolute Gasteiger partial charge is 0.330 e. The molecule has 0 aromatic heterocycles. The molecule has 13 rings (SSSR count). The molecule has 36 nitrogen and oxygen atoms in total. The van der Waals surface area contributed by atoms with E-state index >= 15 is 14.4 Å². The molecular weight excluding hydrogens is 1660 g/mol. The van der Waals surface area contributed by atoms with Crippen LogP contribution < -0.4 is 72.0 Å². The minimum Gasteiger partial charge on any atom is -0.508 e.